The van der Waals surface area contributed by atoms with E-state index in [4.69, 9.17) is 0 Å². The largest absolute Gasteiger partial charge is 0.289 e. The van der Waals surface area contributed by atoms with Gasteiger partial charge in [-0.25, -0.2) is 0 Å². The average Bonchev–Trinajstić information content (AvgIpc) is 2.61. The van der Waals surface area contributed by atoms with Crippen LogP contribution >= 0.6 is 0 Å². The zero-order chi connectivity index (χ0) is 16.1. The van der Waals surface area contributed by atoms with Crippen molar-refractivity contribution in [2.24, 2.45) is 0 Å². The number of allylic oxidation sites excluding steroid dienone is 1. The SMILES string of the molecule is Cc1cccc(/C=C/C(=O)c2ccc(-c3ccccc3)cc2)c1. The third kappa shape index (κ3) is 3.83. The van der Waals surface area contributed by atoms with Gasteiger partial charge in [-0.2, -0.15) is 0 Å². The van der Waals surface area contributed by atoms with Crippen molar-refractivity contribution in [1.82, 2.24) is 0 Å². The second-order valence-electron chi connectivity index (χ2n) is 5.56. The van der Waals surface area contributed by atoms with E-state index in [1.165, 1.54) is 5.56 Å². The Morgan fingerprint density at radius 2 is 1.48 bits per heavy atom. The first kappa shape index (κ1) is 15.0. The molecule has 0 saturated carbocycles. The van der Waals surface area contributed by atoms with Crippen molar-refractivity contribution < 1.29 is 4.79 Å². The number of carbonyl (C=O) groups is 1. The van der Waals surface area contributed by atoms with E-state index in [0.29, 0.717) is 5.56 Å². The minimum Gasteiger partial charge on any atom is -0.289 e. The maximum Gasteiger partial charge on any atom is 0.185 e. The van der Waals surface area contributed by atoms with Crippen molar-refractivity contribution >= 4 is 11.9 Å². The van der Waals surface area contributed by atoms with Gasteiger partial charge in [0.2, 0.25) is 0 Å². The third-order valence-electron chi connectivity index (χ3n) is 3.75. The van der Waals surface area contributed by atoms with Crippen LogP contribution in [0.15, 0.2) is 84.9 Å². The Hall–Kier alpha value is -2.93. The monoisotopic (exact) mass is 298 g/mol. The maximum atomic E-state index is 12.3. The highest BCUT2D eigenvalue weighted by Gasteiger charge is 2.03. The van der Waals surface area contributed by atoms with Crippen LogP contribution in [0.3, 0.4) is 0 Å². The molecule has 0 heterocycles. The van der Waals surface area contributed by atoms with Crippen LogP contribution in [0.25, 0.3) is 17.2 Å². The van der Waals surface area contributed by atoms with Crippen LogP contribution in [-0.4, -0.2) is 5.78 Å². The van der Waals surface area contributed by atoms with Crippen LogP contribution in [0.1, 0.15) is 21.5 Å². The zero-order valence-corrected chi connectivity index (χ0v) is 13.1. The maximum absolute atomic E-state index is 12.3. The van der Waals surface area contributed by atoms with Crippen LogP contribution in [0.4, 0.5) is 0 Å². The molecule has 112 valence electrons. The summed E-state index contributed by atoms with van der Waals surface area (Å²) in [5.41, 5.74) is 5.20. The molecule has 0 radical (unpaired) electrons. The summed E-state index contributed by atoms with van der Waals surface area (Å²) in [7, 11) is 0. The normalized spacial score (nSPS) is 10.8. The summed E-state index contributed by atoms with van der Waals surface area (Å²) in [6, 6.07) is 26.0. The topological polar surface area (TPSA) is 17.1 Å². The molecule has 1 nitrogen and oxygen atoms in total. The van der Waals surface area contributed by atoms with Crippen molar-refractivity contribution in [2.45, 2.75) is 6.92 Å². The fraction of sp³-hybridized carbons (Fsp3) is 0.0455. The molecule has 3 aromatic rings. The Morgan fingerprint density at radius 1 is 0.783 bits per heavy atom. The van der Waals surface area contributed by atoms with E-state index >= 15 is 0 Å². The molecule has 0 bridgehead atoms. The van der Waals surface area contributed by atoms with Gasteiger partial charge in [0.1, 0.15) is 0 Å². The molecule has 0 saturated heterocycles. The van der Waals surface area contributed by atoms with Gasteiger partial charge in [0.25, 0.3) is 0 Å². The molecule has 0 aromatic heterocycles. The van der Waals surface area contributed by atoms with Gasteiger partial charge in [0.05, 0.1) is 0 Å². The highest BCUT2D eigenvalue weighted by atomic mass is 16.1. The van der Waals surface area contributed by atoms with Crippen LogP contribution in [0.2, 0.25) is 0 Å². The van der Waals surface area contributed by atoms with Gasteiger partial charge < -0.3 is 0 Å². The van der Waals surface area contributed by atoms with E-state index in [9.17, 15) is 4.79 Å². The Kier molecular flexibility index (Phi) is 4.49. The fourth-order valence-electron chi connectivity index (χ4n) is 2.50. The molecule has 0 atom stereocenters. The smallest absolute Gasteiger partial charge is 0.185 e. The second kappa shape index (κ2) is 6.89. The van der Waals surface area contributed by atoms with Crippen molar-refractivity contribution in [3.05, 3.63) is 102 Å². The lowest BCUT2D eigenvalue weighted by molar-refractivity contribution is 0.104. The molecular formula is C22H18O. The van der Waals surface area contributed by atoms with Crippen LogP contribution < -0.4 is 0 Å². The molecule has 3 rings (SSSR count). The second-order valence-corrected chi connectivity index (χ2v) is 5.56. The summed E-state index contributed by atoms with van der Waals surface area (Å²) < 4.78 is 0. The first-order valence-corrected chi connectivity index (χ1v) is 7.67. The number of ketones is 1. The summed E-state index contributed by atoms with van der Waals surface area (Å²) in [5.74, 6) is 0.0196. The quantitative estimate of drug-likeness (QED) is 0.455. The van der Waals surface area contributed by atoms with Gasteiger partial charge >= 0.3 is 0 Å². The molecular weight excluding hydrogens is 280 g/mol. The van der Waals surface area contributed by atoms with E-state index in [-0.39, 0.29) is 5.78 Å². The molecule has 0 amide bonds. The molecule has 3 aromatic carbocycles. The van der Waals surface area contributed by atoms with Crippen molar-refractivity contribution in [2.75, 3.05) is 0 Å². The van der Waals surface area contributed by atoms with E-state index in [1.807, 2.05) is 73.7 Å². The summed E-state index contributed by atoms with van der Waals surface area (Å²) in [4.78, 5) is 12.3. The van der Waals surface area contributed by atoms with Gasteiger partial charge in [-0.05, 0) is 29.7 Å². The zero-order valence-electron chi connectivity index (χ0n) is 13.1. The van der Waals surface area contributed by atoms with Crippen LogP contribution in [0, 0.1) is 6.92 Å². The van der Waals surface area contributed by atoms with Gasteiger partial charge in [0.15, 0.2) is 5.78 Å². The highest BCUT2D eigenvalue weighted by Crippen LogP contribution is 2.19. The summed E-state index contributed by atoms with van der Waals surface area (Å²) in [6.45, 7) is 2.04. The fourth-order valence-corrected chi connectivity index (χ4v) is 2.50. The molecule has 0 aliphatic heterocycles. The summed E-state index contributed by atoms with van der Waals surface area (Å²) >= 11 is 0. The van der Waals surface area contributed by atoms with Crippen LogP contribution in [0.5, 0.6) is 0 Å². The molecule has 0 spiro atoms. The minimum atomic E-state index is 0.0196. The molecule has 23 heavy (non-hydrogen) atoms. The molecule has 0 unspecified atom stereocenters. The lowest BCUT2D eigenvalue weighted by Crippen LogP contribution is -1.93. The standard InChI is InChI=1S/C22H18O/c1-17-6-5-7-18(16-17)10-15-22(23)21-13-11-20(12-14-21)19-8-3-2-4-9-19/h2-16H,1H3/b15-10+. The Balaban J connectivity index is 1.75. The number of hydrogen-bond acceptors (Lipinski definition) is 1. The van der Waals surface area contributed by atoms with E-state index < -0.39 is 0 Å². The molecule has 1 heteroatoms. The number of carbonyl (C=O) groups excluding carboxylic acids is 1. The van der Waals surface area contributed by atoms with Crippen LogP contribution in [-0.2, 0) is 0 Å². The summed E-state index contributed by atoms with van der Waals surface area (Å²) in [5, 5.41) is 0. The number of aryl methyl sites for hydroxylation is 1. The first-order chi connectivity index (χ1) is 11.2. The molecule has 0 aliphatic rings. The van der Waals surface area contributed by atoms with Gasteiger partial charge in [-0.1, -0.05) is 90.5 Å². The van der Waals surface area contributed by atoms with Gasteiger partial charge in [0, 0.05) is 5.56 Å². The third-order valence-corrected chi connectivity index (χ3v) is 3.75. The Bertz CT molecular complexity index is 827. The average molecular weight is 298 g/mol. The van der Waals surface area contributed by atoms with E-state index in [1.54, 1.807) is 6.08 Å². The number of hydrogen-bond donors (Lipinski definition) is 0. The number of rotatable bonds is 4. The van der Waals surface area contributed by atoms with Crippen molar-refractivity contribution in [3.63, 3.8) is 0 Å². The number of benzene rings is 3. The predicted molar refractivity (Wildman–Crippen MR) is 96.4 cm³/mol. The predicted octanol–water partition coefficient (Wildman–Crippen LogP) is 5.56. The Morgan fingerprint density at radius 3 is 2.17 bits per heavy atom. The van der Waals surface area contributed by atoms with Gasteiger partial charge in [-0.3, -0.25) is 4.79 Å². The molecule has 0 fully saturated rings. The highest BCUT2D eigenvalue weighted by molar-refractivity contribution is 6.07. The van der Waals surface area contributed by atoms with E-state index in [2.05, 4.69) is 18.2 Å². The molecule has 0 aliphatic carbocycles. The van der Waals surface area contributed by atoms with Crippen molar-refractivity contribution in [3.8, 4) is 11.1 Å². The van der Waals surface area contributed by atoms with Crippen molar-refractivity contribution in [1.29, 1.82) is 0 Å². The minimum absolute atomic E-state index is 0.0196. The Labute approximate surface area is 136 Å². The molecule has 0 N–H and O–H groups in total. The lowest BCUT2D eigenvalue weighted by Gasteiger charge is -2.02. The van der Waals surface area contributed by atoms with Gasteiger partial charge in [-0.15, -0.1) is 0 Å². The summed E-state index contributed by atoms with van der Waals surface area (Å²) in [6.07, 6.45) is 3.49. The lowest BCUT2D eigenvalue weighted by atomic mass is 10.0. The van der Waals surface area contributed by atoms with E-state index in [0.717, 1.165) is 16.7 Å². The first-order valence-electron chi connectivity index (χ1n) is 7.67.